The Balaban J connectivity index is 1.77. The van der Waals surface area contributed by atoms with E-state index in [1.54, 1.807) is 0 Å². The van der Waals surface area contributed by atoms with Crippen molar-refractivity contribution in [1.29, 1.82) is 0 Å². The molecule has 4 nitrogen and oxygen atoms in total. The van der Waals surface area contributed by atoms with Gasteiger partial charge in [-0.3, -0.25) is 9.69 Å². The molecule has 0 saturated carbocycles. The number of rotatable bonds is 2. The number of terminal acetylenes is 1. The van der Waals surface area contributed by atoms with Gasteiger partial charge in [0.15, 0.2) is 0 Å². The number of amides is 1. The largest absolute Gasteiger partial charge is 0.361 e. The molecule has 0 atom stereocenters. The molecule has 102 valence electrons. The fourth-order valence-corrected chi connectivity index (χ4v) is 2.67. The molecule has 20 heavy (non-hydrogen) atoms. The van der Waals surface area contributed by atoms with E-state index in [0.717, 1.165) is 42.6 Å². The first-order valence-electron chi connectivity index (χ1n) is 6.81. The first-order chi connectivity index (χ1) is 9.79. The molecular weight excluding hydrogens is 250 g/mol. The van der Waals surface area contributed by atoms with Crippen molar-refractivity contribution in [3.8, 4) is 12.3 Å². The van der Waals surface area contributed by atoms with Crippen LogP contribution in [0.25, 0.3) is 10.9 Å². The molecule has 0 aliphatic carbocycles. The number of piperazine rings is 1. The van der Waals surface area contributed by atoms with E-state index in [-0.39, 0.29) is 5.91 Å². The van der Waals surface area contributed by atoms with Crippen LogP contribution in [0.2, 0.25) is 0 Å². The van der Waals surface area contributed by atoms with Crippen LogP contribution in [0.4, 0.5) is 0 Å². The molecule has 0 bridgehead atoms. The standard InChI is InChI=1S/C16H17N3O/c1-2-8-18-9-11-19(12-10-18)16(20)14-5-3-4-13-6-7-17-15(13)14/h1,3-7,17H,8-12H2. The SMILES string of the molecule is C#CCN1CCN(C(=O)c2cccc3cc[nH]c23)CC1. The first kappa shape index (κ1) is 12.8. The van der Waals surface area contributed by atoms with Crippen LogP contribution in [0, 0.1) is 12.3 Å². The predicted octanol–water partition coefficient (Wildman–Crippen LogP) is 1.56. The van der Waals surface area contributed by atoms with Crippen molar-refractivity contribution in [3.63, 3.8) is 0 Å². The van der Waals surface area contributed by atoms with E-state index in [0.29, 0.717) is 6.54 Å². The highest BCUT2D eigenvalue weighted by Crippen LogP contribution is 2.19. The number of nitrogens with one attached hydrogen (secondary N) is 1. The zero-order valence-corrected chi connectivity index (χ0v) is 11.3. The molecule has 0 radical (unpaired) electrons. The van der Waals surface area contributed by atoms with Gasteiger partial charge in [-0.1, -0.05) is 18.1 Å². The van der Waals surface area contributed by atoms with Gasteiger partial charge >= 0.3 is 0 Å². The van der Waals surface area contributed by atoms with Gasteiger partial charge in [-0.2, -0.15) is 0 Å². The van der Waals surface area contributed by atoms with Crippen LogP contribution in [-0.2, 0) is 0 Å². The number of hydrogen-bond donors (Lipinski definition) is 1. The summed E-state index contributed by atoms with van der Waals surface area (Å²) in [6.45, 7) is 3.82. The monoisotopic (exact) mass is 267 g/mol. The number of para-hydroxylation sites is 1. The zero-order valence-electron chi connectivity index (χ0n) is 11.3. The number of carbonyl (C=O) groups excluding carboxylic acids is 1. The van der Waals surface area contributed by atoms with E-state index in [2.05, 4.69) is 15.8 Å². The second-order valence-corrected chi connectivity index (χ2v) is 5.02. The number of aromatic amines is 1. The molecule has 1 aliphatic rings. The Morgan fingerprint density at radius 1 is 1.25 bits per heavy atom. The second-order valence-electron chi connectivity index (χ2n) is 5.02. The molecule has 1 saturated heterocycles. The van der Waals surface area contributed by atoms with E-state index >= 15 is 0 Å². The van der Waals surface area contributed by atoms with Crippen molar-refractivity contribution in [1.82, 2.24) is 14.8 Å². The van der Waals surface area contributed by atoms with Gasteiger partial charge in [0.1, 0.15) is 0 Å². The Kier molecular flexibility index (Phi) is 3.44. The third kappa shape index (κ3) is 2.28. The lowest BCUT2D eigenvalue weighted by Gasteiger charge is -2.33. The Bertz CT molecular complexity index is 660. The maximum atomic E-state index is 12.6. The van der Waals surface area contributed by atoms with E-state index in [4.69, 9.17) is 6.42 Å². The van der Waals surface area contributed by atoms with Crippen molar-refractivity contribution in [2.75, 3.05) is 32.7 Å². The van der Waals surface area contributed by atoms with Crippen LogP contribution in [0.1, 0.15) is 10.4 Å². The van der Waals surface area contributed by atoms with E-state index in [9.17, 15) is 4.79 Å². The summed E-state index contributed by atoms with van der Waals surface area (Å²) < 4.78 is 0. The molecule has 1 aromatic carbocycles. The highest BCUT2D eigenvalue weighted by Gasteiger charge is 2.23. The number of benzene rings is 1. The normalized spacial score (nSPS) is 16.2. The highest BCUT2D eigenvalue weighted by molar-refractivity contribution is 6.05. The predicted molar refractivity (Wildman–Crippen MR) is 79.5 cm³/mol. The molecule has 4 heteroatoms. The van der Waals surface area contributed by atoms with E-state index < -0.39 is 0 Å². The minimum Gasteiger partial charge on any atom is -0.361 e. The topological polar surface area (TPSA) is 39.3 Å². The van der Waals surface area contributed by atoms with Gasteiger partial charge in [0.05, 0.1) is 17.6 Å². The lowest BCUT2D eigenvalue weighted by molar-refractivity contribution is 0.0654. The number of aromatic nitrogens is 1. The Morgan fingerprint density at radius 3 is 2.80 bits per heavy atom. The van der Waals surface area contributed by atoms with Crippen molar-refractivity contribution >= 4 is 16.8 Å². The number of hydrogen-bond acceptors (Lipinski definition) is 2. The van der Waals surface area contributed by atoms with E-state index in [1.807, 2.05) is 35.4 Å². The zero-order chi connectivity index (χ0) is 13.9. The smallest absolute Gasteiger partial charge is 0.256 e. The number of fused-ring (bicyclic) bond motifs is 1. The minimum atomic E-state index is 0.0957. The Hall–Kier alpha value is -2.25. The summed E-state index contributed by atoms with van der Waals surface area (Å²) in [6, 6.07) is 7.80. The third-order valence-electron chi connectivity index (χ3n) is 3.79. The molecule has 0 spiro atoms. The quantitative estimate of drug-likeness (QED) is 0.839. The maximum Gasteiger partial charge on any atom is 0.256 e. The lowest BCUT2D eigenvalue weighted by atomic mass is 10.1. The van der Waals surface area contributed by atoms with E-state index in [1.165, 1.54) is 0 Å². The van der Waals surface area contributed by atoms with Gasteiger partial charge in [0.25, 0.3) is 5.91 Å². The minimum absolute atomic E-state index is 0.0957. The molecule has 1 fully saturated rings. The van der Waals surface area contributed by atoms with Crippen molar-refractivity contribution in [2.24, 2.45) is 0 Å². The fourth-order valence-electron chi connectivity index (χ4n) is 2.67. The maximum absolute atomic E-state index is 12.6. The summed E-state index contributed by atoms with van der Waals surface area (Å²) in [5.74, 6) is 2.75. The molecule has 1 aromatic heterocycles. The molecule has 1 aliphatic heterocycles. The number of carbonyl (C=O) groups is 1. The van der Waals surface area contributed by atoms with Gasteiger partial charge in [0.2, 0.25) is 0 Å². The highest BCUT2D eigenvalue weighted by atomic mass is 16.2. The fraction of sp³-hybridized carbons (Fsp3) is 0.312. The molecular formula is C16H17N3O. The summed E-state index contributed by atoms with van der Waals surface area (Å²) in [6.07, 6.45) is 7.19. The van der Waals surface area contributed by atoms with Gasteiger partial charge in [-0.25, -0.2) is 0 Å². The Morgan fingerprint density at radius 2 is 2.05 bits per heavy atom. The Labute approximate surface area is 118 Å². The summed E-state index contributed by atoms with van der Waals surface area (Å²) in [5, 5.41) is 1.07. The van der Waals surface area contributed by atoms with Gasteiger partial charge in [-0.15, -0.1) is 6.42 Å². The molecule has 1 N–H and O–H groups in total. The average molecular weight is 267 g/mol. The van der Waals surface area contributed by atoms with Gasteiger partial charge < -0.3 is 9.88 Å². The molecule has 1 amide bonds. The molecule has 2 heterocycles. The van der Waals surface area contributed by atoms with Gasteiger partial charge in [-0.05, 0) is 12.1 Å². The summed E-state index contributed by atoms with van der Waals surface area (Å²) in [5.41, 5.74) is 1.67. The third-order valence-corrected chi connectivity index (χ3v) is 3.79. The van der Waals surface area contributed by atoms with Crippen molar-refractivity contribution in [3.05, 3.63) is 36.0 Å². The van der Waals surface area contributed by atoms with Crippen LogP contribution in [0.3, 0.4) is 0 Å². The summed E-state index contributed by atoms with van der Waals surface area (Å²) >= 11 is 0. The summed E-state index contributed by atoms with van der Waals surface area (Å²) in [7, 11) is 0. The summed E-state index contributed by atoms with van der Waals surface area (Å²) in [4.78, 5) is 19.9. The van der Waals surface area contributed by atoms with Crippen molar-refractivity contribution in [2.45, 2.75) is 0 Å². The van der Waals surface area contributed by atoms with Crippen LogP contribution in [0.5, 0.6) is 0 Å². The first-order valence-corrected chi connectivity index (χ1v) is 6.81. The van der Waals surface area contributed by atoms with Crippen LogP contribution < -0.4 is 0 Å². The second kappa shape index (κ2) is 5.40. The molecule has 2 aromatic rings. The van der Waals surface area contributed by atoms with Crippen LogP contribution in [-0.4, -0.2) is 53.4 Å². The van der Waals surface area contributed by atoms with Crippen LogP contribution >= 0.6 is 0 Å². The van der Waals surface area contributed by atoms with Crippen molar-refractivity contribution < 1.29 is 4.79 Å². The van der Waals surface area contributed by atoms with Gasteiger partial charge in [0, 0.05) is 37.8 Å². The van der Waals surface area contributed by atoms with Crippen LogP contribution in [0.15, 0.2) is 30.5 Å². The molecule has 3 rings (SSSR count). The number of H-pyrrole nitrogens is 1. The number of nitrogens with zero attached hydrogens (tertiary/aromatic N) is 2. The lowest BCUT2D eigenvalue weighted by Crippen LogP contribution is -2.48. The average Bonchev–Trinajstić information content (AvgIpc) is 2.96. The molecule has 0 unspecified atom stereocenters.